The molecule has 1 aromatic rings. The minimum absolute atomic E-state index is 0.0160. The number of hydrogen-bond acceptors (Lipinski definition) is 8. The normalized spacial score (nSPS) is 12.8. The van der Waals surface area contributed by atoms with E-state index in [0.717, 1.165) is 30.6 Å². The topological polar surface area (TPSA) is 94.2 Å². The molecule has 0 bridgehead atoms. The molecule has 0 aliphatic heterocycles. The highest BCUT2D eigenvalue weighted by atomic mass is 32.2. The number of allylic oxidation sites excluding steroid dienone is 3. The van der Waals surface area contributed by atoms with Gasteiger partial charge in [0.25, 0.3) is 0 Å². The predicted molar refractivity (Wildman–Crippen MR) is 142 cm³/mol. The molecule has 0 heterocycles. The van der Waals surface area contributed by atoms with E-state index in [4.69, 9.17) is 14.3 Å². The minimum Gasteiger partial charge on any atom is -0.499 e. The van der Waals surface area contributed by atoms with Gasteiger partial charge in [0.1, 0.15) is 0 Å². The van der Waals surface area contributed by atoms with E-state index < -0.39 is 26.9 Å². The number of hydrogen-bond donors (Lipinski definition) is 1. The Labute approximate surface area is 216 Å². The van der Waals surface area contributed by atoms with Gasteiger partial charge in [-0.25, -0.2) is 13.2 Å². The zero-order valence-electron chi connectivity index (χ0n) is 21.9. The first-order valence-electron chi connectivity index (χ1n) is 12.1. The van der Waals surface area contributed by atoms with Crippen LogP contribution in [0.2, 0.25) is 0 Å². The average Bonchev–Trinajstić information content (AvgIpc) is 2.84. The molecule has 1 aromatic carbocycles. The Bertz CT molecular complexity index is 1000. The van der Waals surface area contributed by atoms with Gasteiger partial charge in [-0.3, -0.25) is 4.84 Å². The maximum Gasteiger partial charge on any atom is 0.350 e. The molecule has 0 saturated carbocycles. The second-order valence-corrected chi connectivity index (χ2v) is 9.80. The van der Waals surface area contributed by atoms with Crippen LogP contribution in [0.25, 0.3) is 0 Å². The fourth-order valence-corrected chi connectivity index (χ4v) is 4.48. The number of rotatable bonds is 18. The summed E-state index contributed by atoms with van der Waals surface area (Å²) in [5.41, 5.74) is 3.73. The zero-order valence-corrected chi connectivity index (χ0v) is 22.7. The smallest absolute Gasteiger partial charge is 0.350 e. The molecule has 0 aliphatic carbocycles. The number of unbranched alkanes of at least 4 members (excludes halogenated alkanes) is 1. The first-order chi connectivity index (χ1) is 17.2. The highest BCUT2D eigenvalue weighted by molar-refractivity contribution is 7.96. The lowest BCUT2D eigenvalue weighted by molar-refractivity contribution is -0.137. The summed E-state index contributed by atoms with van der Waals surface area (Å²) in [4.78, 5) is 19.7. The van der Waals surface area contributed by atoms with Crippen LogP contribution in [0, 0.1) is 0 Å². The van der Waals surface area contributed by atoms with E-state index in [2.05, 4.69) is 18.6 Å². The van der Waals surface area contributed by atoms with Gasteiger partial charge in [0.15, 0.2) is 11.1 Å². The lowest BCUT2D eigenvalue weighted by Crippen LogP contribution is -2.38. The predicted octanol–water partition coefficient (Wildman–Crippen LogP) is 4.89. The first kappa shape index (κ1) is 31.2. The first-order valence-corrected chi connectivity index (χ1v) is 13.6. The van der Waals surface area contributed by atoms with Crippen molar-refractivity contribution in [2.75, 3.05) is 26.3 Å². The van der Waals surface area contributed by atoms with E-state index in [1.807, 2.05) is 25.7 Å². The van der Waals surface area contributed by atoms with Gasteiger partial charge >= 0.3 is 5.97 Å². The van der Waals surface area contributed by atoms with E-state index >= 15 is 0 Å². The molecule has 0 aromatic heterocycles. The molecule has 0 fully saturated rings. The van der Waals surface area contributed by atoms with Crippen molar-refractivity contribution in [3.63, 3.8) is 0 Å². The van der Waals surface area contributed by atoms with Crippen molar-refractivity contribution < 1.29 is 27.5 Å². The molecule has 0 aliphatic rings. The largest absolute Gasteiger partial charge is 0.499 e. The third kappa shape index (κ3) is 10.4. The number of carbonyl (C=O) groups is 1. The molecular weight excluding hydrogens is 480 g/mol. The lowest BCUT2D eigenvalue weighted by atomic mass is 10.2. The van der Waals surface area contributed by atoms with E-state index in [1.165, 1.54) is 24.3 Å². The Balaban J connectivity index is 2.92. The zero-order chi connectivity index (χ0) is 27.0. The summed E-state index contributed by atoms with van der Waals surface area (Å²) in [6, 6.07) is 7.78. The van der Waals surface area contributed by atoms with Gasteiger partial charge in [-0.2, -0.15) is 5.48 Å². The Morgan fingerprint density at radius 3 is 2.33 bits per heavy atom. The molecule has 1 atom stereocenters. The van der Waals surface area contributed by atoms with Gasteiger partial charge in [0.05, 0.1) is 23.9 Å². The summed E-state index contributed by atoms with van der Waals surface area (Å²) in [7, 11) is -4.06. The molecule has 0 saturated heterocycles. The molecule has 200 valence electrons. The summed E-state index contributed by atoms with van der Waals surface area (Å²) in [6.07, 6.45) is 6.50. The van der Waals surface area contributed by atoms with Gasteiger partial charge in [0, 0.05) is 25.7 Å². The molecular formula is C27H40N2O6S. The number of likely N-dealkylation sites (N-methyl/N-ethyl adjacent to an activating group) is 1. The molecule has 0 amide bonds. The molecule has 0 radical (unpaired) electrons. The van der Waals surface area contributed by atoms with Crippen molar-refractivity contribution >= 4 is 15.8 Å². The van der Waals surface area contributed by atoms with Crippen LogP contribution in [0.3, 0.4) is 0 Å². The van der Waals surface area contributed by atoms with Crippen LogP contribution in [0.1, 0.15) is 47.0 Å². The lowest BCUT2D eigenvalue weighted by Gasteiger charge is -2.29. The van der Waals surface area contributed by atoms with Crippen molar-refractivity contribution in [2.24, 2.45) is 0 Å². The third-order valence-corrected chi connectivity index (χ3v) is 6.74. The summed E-state index contributed by atoms with van der Waals surface area (Å²) in [5.74, 6) is -0.125. The fraction of sp³-hybridized carbons (Fsp3) is 0.444. The summed E-state index contributed by atoms with van der Waals surface area (Å²) in [5, 5.41) is 0. The Hall–Kier alpha value is -2.88. The second kappa shape index (κ2) is 16.7. The molecule has 8 nitrogen and oxygen atoms in total. The van der Waals surface area contributed by atoms with Crippen LogP contribution >= 0.6 is 0 Å². The maximum absolute atomic E-state index is 13.1. The van der Waals surface area contributed by atoms with E-state index in [1.54, 1.807) is 31.3 Å². The number of sulfone groups is 1. The van der Waals surface area contributed by atoms with Gasteiger partial charge in [-0.05, 0) is 70.4 Å². The molecule has 0 spiro atoms. The molecule has 1 unspecified atom stereocenters. The maximum atomic E-state index is 13.1. The number of hydroxylamine groups is 1. The number of esters is 1. The molecule has 1 N–H and O–H groups in total. The van der Waals surface area contributed by atoms with Crippen LogP contribution in [-0.2, 0) is 28.9 Å². The number of nitrogens with one attached hydrogen (secondary N) is 1. The van der Waals surface area contributed by atoms with E-state index in [0.29, 0.717) is 19.7 Å². The van der Waals surface area contributed by atoms with Gasteiger partial charge in [-0.15, -0.1) is 0 Å². The van der Waals surface area contributed by atoms with Crippen molar-refractivity contribution in [3.05, 3.63) is 78.1 Å². The Morgan fingerprint density at radius 1 is 1.08 bits per heavy atom. The molecule has 9 heteroatoms. The summed E-state index contributed by atoms with van der Waals surface area (Å²) in [6.45, 7) is 17.1. The van der Waals surface area contributed by atoms with Crippen LogP contribution in [0.4, 0.5) is 0 Å². The monoisotopic (exact) mass is 520 g/mol. The molecule has 36 heavy (non-hydrogen) atoms. The number of benzene rings is 1. The SMILES string of the molecule is C=C(CCCCNOC(C(=C)C)N(C=CC=C(C(=O)OCC)S(=O)(=O)c1ccccc1)CC)OCC. The summed E-state index contributed by atoms with van der Waals surface area (Å²) >= 11 is 0. The molecule has 1 rings (SSSR count). The number of carbonyl (C=O) groups excluding carboxylic acids is 1. The van der Waals surface area contributed by atoms with Crippen LogP contribution in [0.5, 0.6) is 0 Å². The summed E-state index contributed by atoms with van der Waals surface area (Å²) < 4.78 is 36.5. The minimum atomic E-state index is -4.06. The standard InChI is InChI=1S/C27H40N2O6S/c1-7-29(26(22(4)5)35-28-20-14-13-16-23(6)33-8-2)21-15-19-25(27(30)34-9-3)36(31,32)24-17-11-10-12-18-24/h10-12,15,17-19,21,26,28H,4,6-9,13-14,16,20H2,1-3,5H3. The number of ether oxygens (including phenoxy) is 2. The third-order valence-electron chi connectivity index (χ3n) is 4.96. The Kier molecular flexibility index (Phi) is 14.5. The van der Waals surface area contributed by atoms with Gasteiger partial charge in [0.2, 0.25) is 9.84 Å². The fourth-order valence-electron chi connectivity index (χ4n) is 3.17. The van der Waals surface area contributed by atoms with Crippen molar-refractivity contribution in [2.45, 2.75) is 58.1 Å². The van der Waals surface area contributed by atoms with Gasteiger partial charge in [-0.1, -0.05) is 31.4 Å². The van der Waals surface area contributed by atoms with E-state index in [9.17, 15) is 13.2 Å². The van der Waals surface area contributed by atoms with E-state index in [-0.39, 0.29) is 11.5 Å². The van der Waals surface area contributed by atoms with Crippen LogP contribution in [0.15, 0.2) is 83.0 Å². The second-order valence-electron chi connectivity index (χ2n) is 7.88. The van der Waals surface area contributed by atoms with Crippen LogP contribution < -0.4 is 5.48 Å². The highest BCUT2D eigenvalue weighted by Crippen LogP contribution is 2.21. The van der Waals surface area contributed by atoms with Gasteiger partial charge < -0.3 is 14.4 Å². The Morgan fingerprint density at radius 2 is 1.75 bits per heavy atom. The van der Waals surface area contributed by atoms with Crippen LogP contribution in [-0.4, -0.2) is 51.8 Å². The quantitative estimate of drug-likeness (QED) is 0.0428. The van der Waals surface area contributed by atoms with Crippen molar-refractivity contribution in [3.8, 4) is 0 Å². The van der Waals surface area contributed by atoms with Crippen molar-refractivity contribution in [1.29, 1.82) is 0 Å². The average molecular weight is 521 g/mol. The number of nitrogens with zero attached hydrogens (tertiary/aromatic N) is 1. The van der Waals surface area contributed by atoms with Crippen molar-refractivity contribution in [1.82, 2.24) is 10.4 Å². The highest BCUT2D eigenvalue weighted by Gasteiger charge is 2.27.